The first-order chi connectivity index (χ1) is 10.1. The maximum Gasteiger partial charge on any atom is 0.231 e. The molecule has 1 amide bonds. The Bertz CT molecular complexity index is 491. The van der Waals surface area contributed by atoms with Crippen molar-refractivity contribution in [2.45, 2.75) is 32.4 Å². The van der Waals surface area contributed by atoms with Crippen molar-refractivity contribution in [3.63, 3.8) is 0 Å². The first-order valence-electron chi connectivity index (χ1n) is 7.14. The molecule has 1 aliphatic rings. The number of carbonyl (C=O) groups excluding carboxylic acids is 1. The average molecular weight is 294 g/mol. The molecule has 1 aliphatic heterocycles. The van der Waals surface area contributed by atoms with Crippen LogP contribution in [0.25, 0.3) is 0 Å². The number of nitrogens with one attached hydrogen (secondary N) is 2. The first-order valence-corrected chi connectivity index (χ1v) is 7.14. The number of aliphatic hydroxyl groups is 1. The summed E-state index contributed by atoms with van der Waals surface area (Å²) < 4.78 is 10.5. The summed E-state index contributed by atoms with van der Waals surface area (Å²) in [6, 6.07) is 5.53. The highest BCUT2D eigenvalue weighted by molar-refractivity contribution is 5.76. The lowest BCUT2D eigenvalue weighted by Crippen LogP contribution is -2.33. The number of amides is 1. The van der Waals surface area contributed by atoms with Crippen molar-refractivity contribution in [2.24, 2.45) is 0 Å². The molecule has 0 radical (unpaired) electrons. The van der Waals surface area contributed by atoms with Crippen LogP contribution >= 0.6 is 0 Å². The molecule has 1 aromatic rings. The van der Waals surface area contributed by atoms with Gasteiger partial charge in [0.15, 0.2) is 11.5 Å². The predicted molar refractivity (Wildman–Crippen MR) is 78.3 cm³/mol. The Morgan fingerprint density at radius 1 is 1.33 bits per heavy atom. The number of ether oxygens (including phenoxy) is 2. The summed E-state index contributed by atoms with van der Waals surface area (Å²) in [6.07, 6.45) is -0.251. The molecule has 0 spiro atoms. The molecule has 0 aromatic heterocycles. The predicted octanol–water partition coefficient (Wildman–Crippen LogP) is 0.953. The standard InChI is InChI=1S/C15H22N2O4/c1-10(2)17-15(19)5-6-16-8-12(18)11-3-4-13-14(7-11)21-9-20-13/h3-4,7,10,12,16,18H,5-6,8-9H2,1-2H3,(H,17,19). The second kappa shape index (κ2) is 7.28. The quantitative estimate of drug-likeness (QED) is 0.653. The van der Waals surface area contributed by atoms with Crippen molar-refractivity contribution in [1.82, 2.24) is 10.6 Å². The summed E-state index contributed by atoms with van der Waals surface area (Å²) in [6.45, 7) is 4.98. The number of hydrogen-bond donors (Lipinski definition) is 3. The lowest BCUT2D eigenvalue weighted by atomic mass is 10.1. The molecule has 0 aliphatic carbocycles. The minimum atomic E-state index is -0.646. The van der Waals surface area contributed by atoms with E-state index in [9.17, 15) is 9.90 Å². The molecule has 0 bridgehead atoms. The second-order valence-electron chi connectivity index (χ2n) is 5.30. The Hall–Kier alpha value is -1.79. The van der Waals surface area contributed by atoms with Crippen molar-refractivity contribution < 1.29 is 19.4 Å². The van der Waals surface area contributed by atoms with E-state index < -0.39 is 6.10 Å². The number of rotatable bonds is 7. The number of hydrogen-bond acceptors (Lipinski definition) is 5. The molecule has 2 rings (SSSR count). The Kier molecular flexibility index (Phi) is 5.41. The monoisotopic (exact) mass is 294 g/mol. The lowest BCUT2D eigenvalue weighted by Gasteiger charge is -2.13. The summed E-state index contributed by atoms with van der Waals surface area (Å²) in [5, 5.41) is 16.0. The van der Waals surface area contributed by atoms with Crippen LogP contribution in [0.5, 0.6) is 11.5 Å². The maximum atomic E-state index is 11.5. The van der Waals surface area contributed by atoms with Crippen LogP contribution in [-0.4, -0.2) is 36.9 Å². The van der Waals surface area contributed by atoms with E-state index in [0.29, 0.717) is 31.0 Å². The van der Waals surface area contributed by atoms with Gasteiger partial charge in [0.05, 0.1) is 6.10 Å². The molecule has 0 saturated carbocycles. The summed E-state index contributed by atoms with van der Waals surface area (Å²) in [5.74, 6) is 1.36. The van der Waals surface area contributed by atoms with Crippen LogP contribution in [0.3, 0.4) is 0 Å². The van der Waals surface area contributed by atoms with Crippen LogP contribution in [0.4, 0.5) is 0 Å². The van der Waals surface area contributed by atoms with Gasteiger partial charge in [0, 0.05) is 25.6 Å². The SMILES string of the molecule is CC(C)NC(=O)CCNCC(O)c1ccc2c(c1)OCO2. The van der Waals surface area contributed by atoms with Gasteiger partial charge >= 0.3 is 0 Å². The van der Waals surface area contributed by atoms with Crippen LogP contribution in [0.15, 0.2) is 18.2 Å². The van der Waals surface area contributed by atoms with Gasteiger partial charge in [-0.25, -0.2) is 0 Å². The highest BCUT2D eigenvalue weighted by Crippen LogP contribution is 2.33. The molecule has 0 saturated heterocycles. The minimum absolute atomic E-state index is 0.00932. The summed E-state index contributed by atoms with van der Waals surface area (Å²) in [7, 11) is 0. The normalized spacial score (nSPS) is 14.3. The molecule has 6 heteroatoms. The van der Waals surface area contributed by atoms with Crippen LogP contribution < -0.4 is 20.1 Å². The first kappa shape index (κ1) is 15.6. The van der Waals surface area contributed by atoms with E-state index in [4.69, 9.17) is 9.47 Å². The number of carbonyl (C=O) groups is 1. The van der Waals surface area contributed by atoms with E-state index in [2.05, 4.69) is 10.6 Å². The number of benzene rings is 1. The largest absolute Gasteiger partial charge is 0.454 e. The van der Waals surface area contributed by atoms with Crippen LogP contribution in [0.1, 0.15) is 31.9 Å². The van der Waals surface area contributed by atoms with E-state index in [1.54, 1.807) is 12.1 Å². The van der Waals surface area contributed by atoms with Crippen molar-refractivity contribution in [1.29, 1.82) is 0 Å². The highest BCUT2D eigenvalue weighted by Gasteiger charge is 2.16. The minimum Gasteiger partial charge on any atom is -0.454 e. The summed E-state index contributed by atoms with van der Waals surface area (Å²) >= 11 is 0. The molecular formula is C15H22N2O4. The zero-order valence-electron chi connectivity index (χ0n) is 12.4. The van der Waals surface area contributed by atoms with Crippen LogP contribution in [0.2, 0.25) is 0 Å². The molecule has 3 N–H and O–H groups in total. The van der Waals surface area contributed by atoms with Crippen molar-refractivity contribution in [2.75, 3.05) is 19.9 Å². The molecule has 1 atom stereocenters. The van der Waals surface area contributed by atoms with Crippen LogP contribution in [-0.2, 0) is 4.79 Å². The fourth-order valence-electron chi connectivity index (χ4n) is 2.07. The smallest absolute Gasteiger partial charge is 0.231 e. The summed E-state index contributed by atoms with van der Waals surface area (Å²) in [5.41, 5.74) is 0.762. The van der Waals surface area contributed by atoms with Crippen molar-refractivity contribution in [3.05, 3.63) is 23.8 Å². The van der Waals surface area contributed by atoms with E-state index in [1.807, 2.05) is 19.9 Å². The van der Waals surface area contributed by atoms with Gasteiger partial charge < -0.3 is 25.2 Å². The Morgan fingerprint density at radius 3 is 2.86 bits per heavy atom. The number of fused-ring (bicyclic) bond motifs is 1. The third kappa shape index (κ3) is 4.61. The van der Waals surface area contributed by atoms with Gasteiger partial charge in [-0.1, -0.05) is 6.07 Å². The van der Waals surface area contributed by atoms with E-state index in [1.165, 1.54) is 0 Å². The second-order valence-corrected chi connectivity index (χ2v) is 5.30. The maximum absolute atomic E-state index is 11.5. The van der Waals surface area contributed by atoms with Crippen LogP contribution in [0, 0.1) is 0 Å². The molecule has 116 valence electrons. The lowest BCUT2D eigenvalue weighted by molar-refractivity contribution is -0.121. The van der Waals surface area contributed by atoms with Gasteiger partial charge in [-0.2, -0.15) is 0 Å². The fourth-order valence-corrected chi connectivity index (χ4v) is 2.07. The zero-order chi connectivity index (χ0) is 15.2. The fraction of sp³-hybridized carbons (Fsp3) is 0.533. The average Bonchev–Trinajstić information content (AvgIpc) is 2.89. The van der Waals surface area contributed by atoms with Gasteiger partial charge in [-0.05, 0) is 31.5 Å². The van der Waals surface area contributed by atoms with Gasteiger partial charge in [0.1, 0.15) is 0 Å². The molecule has 6 nitrogen and oxygen atoms in total. The summed E-state index contributed by atoms with van der Waals surface area (Å²) in [4.78, 5) is 11.5. The Morgan fingerprint density at radius 2 is 2.10 bits per heavy atom. The van der Waals surface area contributed by atoms with E-state index >= 15 is 0 Å². The Balaban J connectivity index is 1.72. The molecule has 1 aromatic carbocycles. The van der Waals surface area contributed by atoms with Gasteiger partial charge in [-0.3, -0.25) is 4.79 Å². The zero-order valence-corrected chi connectivity index (χ0v) is 12.4. The number of aliphatic hydroxyl groups excluding tert-OH is 1. The third-order valence-electron chi connectivity index (χ3n) is 3.10. The van der Waals surface area contributed by atoms with E-state index in [-0.39, 0.29) is 18.7 Å². The van der Waals surface area contributed by atoms with Crippen molar-refractivity contribution >= 4 is 5.91 Å². The molecule has 1 heterocycles. The van der Waals surface area contributed by atoms with E-state index in [0.717, 1.165) is 5.56 Å². The van der Waals surface area contributed by atoms with Gasteiger partial charge in [-0.15, -0.1) is 0 Å². The topological polar surface area (TPSA) is 79.8 Å². The van der Waals surface area contributed by atoms with Crippen molar-refractivity contribution in [3.8, 4) is 11.5 Å². The molecule has 1 unspecified atom stereocenters. The Labute approximate surface area is 124 Å². The highest BCUT2D eigenvalue weighted by atomic mass is 16.7. The molecule has 21 heavy (non-hydrogen) atoms. The van der Waals surface area contributed by atoms with Gasteiger partial charge in [0.2, 0.25) is 12.7 Å². The third-order valence-corrected chi connectivity index (χ3v) is 3.10. The molecule has 0 fully saturated rings. The van der Waals surface area contributed by atoms with Gasteiger partial charge in [0.25, 0.3) is 0 Å². The molecular weight excluding hydrogens is 272 g/mol.